The Balaban J connectivity index is 1.58. The van der Waals surface area contributed by atoms with Gasteiger partial charge in [-0.25, -0.2) is 0 Å². The number of anilines is 1. The fraction of sp³-hybridized carbons (Fsp3) is 0.0500. The molecule has 0 saturated carbocycles. The molecule has 0 bridgehead atoms. The molecule has 0 aliphatic carbocycles. The van der Waals surface area contributed by atoms with E-state index in [0.29, 0.717) is 23.4 Å². The molecule has 25 heavy (non-hydrogen) atoms. The van der Waals surface area contributed by atoms with E-state index >= 15 is 0 Å². The second kappa shape index (κ2) is 7.88. The maximum atomic E-state index is 12.2. The smallest absolute Gasteiger partial charge is 0.255 e. The number of pyridine rings is 1. The van der Waals surface area contributed by atoms with E-state index in [4.69, 9.17) is 0 Å². The van der Waals surface area contributed by atoms with Crippen molar-refractivity contribution in [1.29, 1.82) is 0 Å². The van der Waals surface area contributed by atoms with Crippen LogP contribution in [0, 0.1) is 0 Å². The quantitative estimate of drug-likeness (QED) is 0.754. The van der Waals surface area contributed by atoms with Gasteiger partial charge in [0.1, 0.15) is 0 Å². The van der Waals surface area contributed by atoms with E-state index in [9.17, 15) is 9.59 Å². The predicted octanol–water partition coefficient (Wildman–Crippen LogP) is 3.26. The first-order chi connectivity index (χ1) is 12.2. The molecule has 3 aromatic rings. The summed E-state index contributed by atoms with van der Waals surface area (Å²) in [6, 6.07) is 19.8. The van der Waals surface area contributed by atoms with Gasteiger partial charge in [0.05, 0.1) is 0 Å². The average Bonchev–Trinajstić information content (AvgIpc) is 2.68. The highest BCUT2D eigenvalue weighted by Crippen LogP contribution is 2.11. The maximum absolute atomic E-state index is 12.2. The van der Waals surface area contributed by atoms with Crippen molar-refractivity contribution in [2.24, 2.45) is 0 Å². The lowest BCUT2D eigenvalue weighted by Gasteiger charge is -2.08. The highest BCUT2D eigenvalue weighted by molar-refractivity contribution is 6.04. The molecule has 0 spiro atoms. The molecule has 0 aliphatic rings. The summed E-state index contributed by atoms with van der Waals surface area (Å²) in [6.07, 6.45) is 3.13. The van der Waals surface area contributed by atoms with Crippen LogP contribution in [0.5, 0.6) is 0 Å². The van der Waals surface area contributed by atoms with E-state index < -0.39 is 0 Å². The van der Waals surface area contributed by atoms with Crippen molar-refractivity contribution in [2.45, 2.75) is 6.54 Å². The molecule has 2 aromatic carbocycles. The number of aromatic nitrogens is 1. The zero-order valence-electron chi connectivity index (χ0n) is 13.5. The number of hydrogen-bond acceptors (Lipinski definition) is 3. The van der Waals surface area contributed by atoms with Gasteiger partial charge in [-0.1, -0.05) is 30.3 Å². The van der Waals surface area contributed by atoms with Crippen molar-refractivity contribution in [3.8, 4) is 0 Å². The third-order valence-electron chi connectivity index (χ3n) is 3.64. The van der Waals surface area contributed by atoms with Gasteiger partial charge in [-0.15, -0.1) is 0 Å². The summed E-state index contributed by atoms with van der Waals surface area (Å²) in [4.78, 5) is 28.1. The highest BCUT2D eigenvalue weighted by atomic mass is 16.2. The van der Waals surface area contributed by atoms with Crippen molar-refractivity contribution >= 4 is 17.5 Å². The third-order valence-corrected chi connectivity index (χ3v) is 3.64. The van der Waals surface area contributed by atoms with Gasteiger partial charge >= 0.3 is 0 Å². The van der Waals surface area contributed by atoms with E-state index in [-0.39, 0.29) is 11.8 Å². The van der Waals surface area contributed by atoms with Crippen LogP contribution in [0.25, 0.3) is 0 Å². The Morgan fingerprint density at radius 2 is 1.40 bits per heavy atom. The van der Waals surface area contributed by atoms with Gasteiger partial charge in [-0.05, 0) is 42.0 Å². The van der Waals surface area contributed by atoms with E-state index in [1.54, 1.807) is 48.8 Å². The second-order valence-corrected chi connectivity index (χ2v) is 5.44. The Labute approximate surface area is 145 Å². The molecule has 5 nitrogen and oxygen atoms in total. The molecule has 124 valence electrons. The number of carbonyl (C=O) groups is 2. The van der Waals surface area contributed by atoms with E-state index in [0.717, 1.165) is 5.56 Å². The number of carbonyl (C=O) groups excluding carboxylic acids is 2. The lowest BCUT2D eigenvalue weighted by atomic mass is 10.1. The number of hydrogen-bond donors (Lipinski definition) is 2. The standard InChI is InChI=1S/C20H17N3O2/c24-19(22-14-15-4-2-1-3-5-15)16-6-8-18(9-7-16)23-20(25)17-10-12-21-13-11-17/h1-13H,14H2,(H,22,24)(H,23,25). The van der Waals surface area contributed by atoms with Crippen molar-refractivity contribution in [3.63, 3.8) is 0 Å². The summed E-state index contributed by atoms with van der Waals surface area (Å²) >= 11 is 0. The van der Waals surface area contributed by atoms with Gasteiger partial charge in [-0.2, -0.15) is 0 Å². The van der Waals surface area contributed by atoms with E-state index in [1.165, 1.54) is 0 Å². The van der Waals surface area contributed by atoms with Crippen LogP contribution >= 0.6 is 0 Å². The molecular formula is C20H17N3O2. The summed E-state index contributed by atoms with van der Waals surface area (Å²) < 4.78 is 0. The number of rotatable bonds is 5. The van der Waals surface area contributed by atoms with Gasteiger partial charge in [0.25, 0.3) is 11.8 Å². The van der Waals surface area contributed by atoms with Crippen LogP contribution in [0.2, 0.25) is 0 Å². The predicted molar refractivity (Wildman–Crippen MR) is 96.2 cm³/mol. The van der Waals surface area contributed by atoms with Crippen LogP contribution in [-0.2, 0) is 6.54 Å². The number of benzene rings is 2. The Morgan fingerprint density at radius 1 is 0.760 bits per heavy atom. The van der Waals surface area contributed by atoms with Gasteiger partial charge in [0, 0.05) is 35.8 Å². The SMILES string of the molecule is O=C(NCc1ccccc1)c1ccc(NC(=O)c2ccncc2)cc1. The summed E-state index contributed by atoms with van der Waals surface area (Å²) in [7, 11) is 0. The fourth-order valence-corrected chi connectivity index (χ4v) is 2.29. The Hall–Kier alpha value is -3.47. The van der Waals surface area contributed by atoms with Crippen molar-refractivity contribution in [2.75, 3.05) is 5.32 Å². The Morgan fingerprint density at radius 3 is 2.08 bits per heavy atom. The molecule has 3 rings (SSSR count). The second-order valence-electron chi connectivity index (χ2n) is 5.44. The average molecular weight is 331 g/mol. The summed E-state index contributed by atoms with van der Waals surface area (Å²) in [5.74, 6) is -0.375. The Kier molecular flexibility index (Phi) is 5.16. The van der Waals surface area contributed by atoms with Crippen LogP contribution < -0.4 is 10.6 Å². The number of amides is 2. The van der Waals surface area contributed by atoms with Crippen molar-refractivity contribution < 1.29 is 9.59 Å². The van der Waals surface area contributed by atoms with E-state index in [2.05, 4.69) is 15.6 Å². The first-order valence-electron chi connectivity index (χ1n) is 7.86. The monoisotopic (exact) mass is 331 g/mol. The van der Waals surface area contributed by atoms with Crippen LogP contribution in [0.1, 0.15) is 26.3 Å². The molecule has 0 fully saturated rings. The van der Waals surface area contributed by atoms with Crippen LogP contribution in [0.3, 0.4) is 0 Å². The summed E-state index contributed by atoms with van der Waals surface area (Å²) in [5, 5.41) is 5.65. The summed E-state index contributed by atoms with van der Waals surface area (Å²) in [6.45, 7) is 0.472. The maximum Gasteiger partial charge on any atom is 0.255 e. The molecule has 1 aromatic heterocycles. The van der Waals surface area contributed by atoms with Crippen LogP contribution in [0.15, 0.2) is 79.1 Å². The lowest BCUT2D eigenvalue weighted by molar-refractivity contribution is 0.0950. The largest absolute Gasteiger partial charge is 0.348 e. The highest BCUT2D eigenvalue weighted by Gasteiger charge is 2.08. The minimum atomic E-state index is -0.219. The minimum absolute atomic E-state index is 0.157. The first-order valence-corrected chi connectivity index (χ1v) is 7.86. The van der Waals surface area contributed by atoms with Gasteiger partial charge in [0.2, 0.25) is 0 Å². The molecule has 2 N–H and O–H groups in total. The third kappa shape index (κ3) is 4.51. The molecular weight excluding hydrogens is 314 g/mol. The van der Waals surface area contributed by atoms with E-state index in [1.807, 2.05) is 30.3 Å². The minimum Gasteiger partial charge on any atom is -0.348 e. The Bertz CT molecular complexity index is 847. The van der Waals surface area contributed by atoms with Gasteiger partial charge in [-0.3, -0.25) is 14.6 Å². The lowest BCUT2D eigenvalue weighted by Crippen LogP contribution is -2.22. The van der Waals surface area contributed by atoms with Crippen LogP contribution in [-0.4, -0.2) is 16.8 Å². The van der Waals surface area contributed by atoms with Gasteiger partial charge in [0.15, 0.2) is 0 Å². The molecule has 0 aliphatic heterocycles. The zero-order chi connectivity index (χ0) is 17.5. The topological polar surface area (TPSA) is 71.1 Å². The molecule has 0 saturated heterocycles. The van der Waals surface area contributed by atoms with Crippen LogP contribution in [0.4, 0.5) is 5.69 Å². The molecule has 1 heterocycles. The van der Waals surface area contributed by atoms with Gasteiger partial charge < -0.3 is 10.6 Å². The molecule has 2 amide bonds. The first kappa shape index (κ1) is 16.4. The normalized spacial score (nSPS) is 10.1. The molecule has 5 heteroatoms. The fourth-order valence-electron chi connectivity index (χ4n) is 2.29. The number of nitrogens with zero attached hydrogens (tertiary/aromatic N) is 1. The zero-order valence-corrected chi connectivity index (χ0v) is 13.5. The summed E-state index contributed by atoms with van der Waals surface area (Å²) in [5.41, 5.74) is 2.73. The molecule has 0 radical (unpaired) electrons. The molecule has 0 unspecified atom stereocenters. The number of nitrogens with one attached hydrogen (secondary N) is 2. The van der Waals surface area contributed by atoms with Crippen molar-refractivity contribution in [1.82, 2.24) is 10.3 Å². The molecule has 0 atom stereocenters. The van der Waals surface area contributed by atoms with Crippen molar-refractivity contribution in [3.05, 3.63) is 95.8 Å².